The Morgan fingerprint density at radius 3 is 2.32 bits per heavy atom. The molecule has 0 bridgehead atoms. The normalized spacial score (nSPS) is 24.1. The van der Waals surface area contributed by atoms with E-state index in [0.717, 1.165) is 6.20 Å². The van der Waals surface area contributed by atoms with Gasteiger partial charge in [0.05, 0.1) is 36.3 Å². The molecular formula is C19H26BFN3O4-. The van der Waals surface area contributed by atoms with Crippen molar-refractivity contribution in [2.75, 3.05) is 0 Å². The van der Waals surface area contributed by atoms with Gasteiger partial charge in [-0.25, -0.2) is 4.39 Å². The van der Waals surface area contributed by atoms with E-state index >= 15 is 0 Å². The number of hydrogen-bond donors (Lipinski definition) is 1. The molecule has 9 heteroatoms. The number of halogens is 1. The number of rotatable bonds is 2. The molecule has 0 saturated carbocycles. The summed E-state index contributed by atoms with van der Waals surface area (Å²) in [5, 5.41) is 16.2. The van der Waals surface area contributed by atoms with Gasteiger partial charge in [0.1, 0.15) is 5.82 Å². The predicted molar refractivity (Wildman–Crippen MR) is 102 cm³/mol. The van der Waals surface area contributed by atoms with Crippen LogP contribution >= 0.6 is 0 Å². The average Bonchev–Trinajstić information content (AvgIpc) is 2.99. The molecule has 2 aliphatic rings. The van der Waals surface area contributed by atoms with Gasteiger partial charge in [-0.2, -0.15) is 5.10 Å². The molecule has 0 aliphatic carbocycles. The van der Waals surface area contributed by atoms with E-state index in [-0.39, 0.29) is 6.61 Å². The topological polar surface area (TPSA) is 78.6 Å². The van der Waals surface area contributed by atoms with Crippen molar-refractivity contribution in [2.45, 2.75) is 71.5 Å². The lowest BCUT2D eigenvalue weighted by atomic mass is 9.67. The molecule has 7 nitrogen and oxygen atoms in total. The second-order valence-electron chi connectivity index (χ2n) is 9.20. The fourth-order valence-electron chi connectivity index (χ4n) is 3.78. The molecule has 1 fully saturated rings. The van der Waals surface area contributed by atoms with Crippen molar-refractivity contribution in [2.24, 2.45) is 0 Å². The molecule has 4 heterocycles. The SMILES string of the molecule is CC1(C)Cn2nc(-c3ccc(F)cn3)c([B-]3(O)OC(C)(C)C(C)(C)O3)c2CO1. The van der Waals surface area contributed by atoms with E-state index in [1.165, 1.54) is 12.1 Å². The molecule has 0 atom stereocenters. The molecule has 0 spiro atoms. The highest BCUT2D eigenvalue weighted by Crippen LogP contribution is 2.42. The van der Waals surface area contributed by atoms with E-state index in [4.69, 9.17) is 14.0 Å². The van der Waals surface area contributed by atoms with Gasteiger partial charge in [-0.15, -0.1) is 0 Å². The molecule has 0 unspecified atom stereocenters. The highest BCUT2D eigenvalue weighted by molar-refractivity contribution is 6.76. The van der Waals surface area contributed by atoms with Crippen LogP contribution in [0.3, 0.4) is 0 Å². The molecule has 1 N–H and O–H groups in total. The Bertz CT molecular complexity index is 908. The summed E-state index contributed by atoms with van der Waals surface area (Å²) in [6.45, 7) is 9.33. The number of hydrogen-bond acceptors (Lipinski definition) is 6. The lowest BCUT2D eigenvalue weighted by Crippen LogP contribution is -2.54. The van der Waals surface area contributed by atoms with Gasteiger partial charge in [0, 0.05) is 16.9 Å². The van der Waals surface area contributed by atoms with Crippen LogP contribution < -0.4 is 5.46 Å². The van der Waals surface area contributed by atoms with Gasteiger partial charge >= 0.3 is 6.75 Å². The Morgan fingerprint density at radius 1 is 1.11 bits per heavy atom. The van der Waals surface area contributed by atoms with Gasteiger partial charge in [0.2, 0.25) is 0 Å². The van der Waals surface area contributed by atoms with Gasteiger partial charge in [0.15, 0.2) is 0 Å². The lowest BCUT2D eigenvalue weighted by molar-refractivity contribution is -0.0658. The summed E-state index contributed by atoms with van der Waals surface area (Å²) in [6.07, 6.45) is 1.12. The first-order valence-electron chi connectivity index (χ1n) is 9.46. The van der Waals surface area contributed by atoms with Crippen LogP contribution in [-0.2, 0) is 27.2 Å². The Hall–Kier alpha value is -1.81. The summed E-state index contributed by atoms with van der Waals surface area (Å²) in [7, 11) is 0. The molecule has 152 valence electrons. The van der Waals surface area contributed by atoms with Gasteiger partial charge in [-0.1, -0.05) is 5.46 Å². The van der Waals surface area contributed by atoms with Crippen LogP contribution in [0.4, 0.5) is 4.39 Å². The van der Waals surface area contributed by atoms with Crippen molar-refractivity contribution in [1.29, 1.82) is 0 Å². The third-order valence-corrected chi connectivity index (χ3v) is 5.92. The van der Waals surface area contributed by atoms with Crippen molar-refractivity contribution in [3.8, 4) is 11.4 Å². The molecule has 2 aromatic heterocycles. The van der Waals surface area contributed by atoms with E-state index in [1.807, 2.05) is 41.5 Å². The second kappa shape index (κ2) is 5.85. The first-order chi connectivity index (χ1) is 12.8. The zero-order valence-electron chi connectivity index (χ0n) is 17.1. The van der Waals surface area contributed by atoms with Crippen molar-refractivity contribution < 1.29 is 23.5 Å². The Kier molecular flexibility index (Phi) is 4.08. The summed E-state index contributed by atoms with van der Waals surface area (Å²) in [5.74, 6) is -0.446. The second-order valence-corrected chi connectivity index (χ2v) is 9.20. The van der Waals surface area contributed by atoms with Crippen LogP contribution in [0.2, 0.25) is 0 Å². The third kappa shape index (κ3) is 2.97. The van der Waals surface area contributed by atoms with Gasteiger partial charge in [-0.3, -0.25) is 9.67 Å². The highest BCUT2D eigenvalue weighted by Gasteiger charge is 2.54. The minimum atomic E-state index is -2.85. The van der Waals surface area contributed by atoms with E-state index in [2.05, 4.69) is 10.1 Å². The number of fused-ring (bicyclic) bond motifs is 1. The summed E-state index contributed by atoms with van der Waals surface area (Å²) in [6, 6.07) is 2.84. The largest absolute Gasteiger partial charge is 0.555 e. The van der Waals surface area contributed by atoms with Gasteiger partial charge in [-0.05, 0) is 53.7 Å². The monoisotopic (exact) mass is 390 g/mol. The van der Waals surface area contributed by atoms with Crippen LogP contribution in [0.25, 0.3) is 11.4 Å². The first kappa shape index (κ1) is 19.5. The minimum absolute atomic E-state index is 0.244. The van der Waals surface area contributed by atoms with Crippen molar-refractivity contribution >= 4 is 12.2 Å². The van der Waals surface area contributed by atoms with E-state index < -0.39 is 29.4 Å². The Morgan fingerprint density at radius 2 is 1.75 bits per heavy atom. The molecule has 0 aromatic carbocycles. The summed E-state index contributed by atoms with van der Waals surface area (Å²) >= 11 is 0. The summed E-state index contributed by atoms with van der Waals surface area (Å²) < 4.78 is 33.3. The van der Waals surface area contributed by atoms with Crippen LogP contribution in [0.15, 0.2) is 18.3 Å². The summed E-state index contributed by atoms with van der Waals surface area (Å²) in [5.41, 5.74) is 0.0469. The fourth-order valence-corrected chi connectivity index (χ4v) is 3.78. The van der Waals surface area contributed by atoms with Crippen LogP contribution in [0.5, 0.6) is 0 Å². The van der Waals surface area contributed by atoms with Crippen LogP contribution in [-0.4, -0.2) is 43.3 Å². The van der Waals surface area contributed by atoms with E-state index in [0.29, 0.717) is 29.1 Å². The number of ether oxygens (including phenoxy) is 1. The maximum absolute atomic E-state index is 13.4. The molecule has 2 aliphatic heterocycles. The number of pyridine rings is 1. The quantitative estimate of drug-likeness (QED) is 0.792. The zero-order chi connectivity index (χ0) is 20.5. The molecule has 28 heavy (non-hydrogen) atoms. The van der Waals surface area contributed by atoms with E-state index in [9.17, 15) is 9.41 Å². The highest BCUT2D eigenvalue weighted by atomic mass is 19.1. The fraction of sp³-hybridized carbons (Fsp3) is 0.579. The maximum Gasteiger partial charge on any atom is 0.412 e. The van der Waals surface area contributed by atoms with Gasteiger partial charge in [0.25, 0.3) is 0 Å². The summed E-state index contributed by atoms with van der Waals surface area (Å²) in [4.78, 5) is 4.16. The van der Waals surface area contributed by atoms with Crippen molar-refractivity contribution in [1.82, 2.24) is 14.8 Å². The Balaban J connectivity index is 1.91. The number of aromatic nitrogens is 3. The molecule has 0 amide bonds. The molecule has 4 rings (SSSR count). The average molecular weight is 390 g/mol. The molecule has 2 aromatic rings. The lowest BCUT2D eigenvalue weighted by Gasteiger charge is -2.36. The molecular weight excluding hydrogens is 364 g/mol. The first-order valence-corrected chi connectivity index (χ1v) is 9.46. The van der Waals surface area contributed by atoms with Gasteiger partial charge < -0.3 is 19.1 Å². The molecule has 1 saturated heterocycles. The smallest absolute Gasteiger partial charge is 0.412 e. The van der Waals surface area contributed by atoms with Crippen molar-refractivity contribution in [3.63, 3.8) is 0 Å². The molecule has 0 radical (unpaired) electrons. The minimum Gasteiger partial charge on any atom is -0.555 e. The van der Waals surface area contributed by atoms with Crippen LogP contribution in [0, 0.1) is 5.82 Å². The standard InChI is InChI=1S/C19H26BFN3O4/c1-17(2)11-24-14(10-26-17)15(16(23-24)13-8-7-12(21)9-22-13)20(25)27-18(3,4)19(5,6)28-20/h7-9,25H,10-11H2,1-6H3/q-1. The maximum atomic E-state index is 13.4. The van der Waals surface area contributed by atoms with Crippen molar-refractivity contribution in [3.05, 3.63) is 29.8 Å². The van der Waals surface area contributed by atoms with Crippen LogP contribution in [0.1, 0.15) is 47.2 Å². The number of nitrogens with zero attached hydrogens (tertiary/aromatic N) is 3. The third-order valence-electron chi connectivity index (χ3n) is 5.92. The van der Waals surface area contributed by atoms with E-state index in [1.54, 1.807) is 4.68 Å². The zero-order valence-corrected chi connectivity index (χ0v) is 17.1. The predicted octanol–water partition coefficient (Wildman–Crippen LogP) is 2.14. The Labute approximate surface area is 163 Å².